The van der Waals surface area contributed by atoms with E-state index in [1.165, 1.54) is 5.56 Å². The second-order valence-corrected chi connectivity index (χ2v) is 5.53. The second kappa shape index (κ2) is 5.35. The number of hydrogen-bond acceptors (Lipinski definition) is 4. The number of anilines is 2. The first kappa shape index (κ1) is 13.7. The fraction of sp³-hybridized carbons (Fsp3) is 0.167. The van der Waals surface area contributed by atoms with Gasteiger partial charge in [-0.25, -0.2) is 4.98 Å². The summed E-state index contributed by atoms with van der Waals surface area (Å²) < 4.78 is 2.01. The quantitative estimate of drug-likeness (QED) is 0.578. The largest absolute Gasteiger partial charge is 0.323 e. The van der Waals surface area contributed by atoms with Crippen LogP contribution in [0.1, 0.15) is 12.5 Å². The predicted octanol–water partition coefficient (Wildman–Crippen LogP) is 3.74. The molecule has 0 spiro atoms. The van der Waals surface area contributed by atoms with E-state index in [1.807, 2.05) is 28.7 Å². The number of aromatic nitrogens is 4. The summed E-state index contributed by atoms with van der Waals surface area (Å²) in [6.07, 6.45) is 1.75. The van der Waals surface area contributed by atoms with E-state index in [9.17, 15) is 0 Å². The summed E-state index contributed by atoms with van der Waals surface area (Å²) in [6, 6.07) is 16.5. The van der Waals surface area contributed by atoms with Crippen LogP contribution in [0.25, 0.3) is 16.7 Å². The number of benzene rings is 2. The van der Waals surface area contributed by atoms with Crippen molar-refractivity contribution < 1.29 is 0 Å². The summed E-state index contributed by atoms with van der Waals surface area (Å²) in [5, 5.41) is 8.40. The van der Waals surface area contributed by atoms with Crippen molar-refractivity contribution in [3.05, 3.63) is 60.4 Å². The lowest BCUT2D eigenvalue weighted by Crippen LogP contribution is -2.18. The summed E-state index contributed by atoms with van der Waals surface area (Å²) in [5.74, 6) is 0.826. The average molecular weight is 303 g/mol. The molecular formula is C18H17N5. The van der Waals surface area contributed by atoms with Crippen LogP contribution in [0.15, 0.2) is 54.9 Å². The van der Waals surface area contributed by atoms with Crippen molar-refractivity contribution >= 4 is 28.2 Å². The molecule has 0 fully saturated rings. The van der Waals surface area contributed by atoms with Gasteiger partial charge in [0.2, 0.25) is 5.65 Å². The van der Waals surface area contributed by atoms with Gasteiger partial charge in [-0.15, -0.1) is 10.2 Å². The van der Waals surface area contributed by atoms with Gasteiger partial charge in [-0.3, -0.25) is 4.40 Å². The Kier molecular flexibility index (Phi) is 3.19. The molecule has 0 atom stereocenters. The summed E-state index contributed by atoms with van der Waals surface area (Å²) in [5.41, 5.74) is 5.02. The molecule has 0 unspecified atom stereocenters. The molecule has 5 heteroatoms. The van der Waals surface area contributed by atoms with Crippen LogP contribution >= 0.6 is 0 Å². The van der Waals surface area contributed by atoms with Gasteiger partial charge in [0.05, 0.1) is 11.0 Å². The topological polar surface area (TPSA) is 46.3 Å². The minimum absolute atomic E-state index is 0.772. The van der Waals surface area contributed by atoms with E-state index in [1.54, 1.807) is 6.33 Å². The summed E-state index contributed by atoms with van der Waals surface area (Å²) in [4.78, 5) is 7.02. The van der Waals surface area contributed by atoms with Gasteiger partial charge in [-0.05, 0) is 43.7 Å². The molecule has 114 valence electrons. The molecule has 0 aliphatic rings. The van der Waals surface area contributed by atoms with E-state index in [0.29, 0.717) is 0 Å². The van der Waals surface area contributed by atoms with Crippen molar-refractivity contribution in [1.82, 2.24) is 19.6 Å². The molecule has 0 bridgehead atoms. The lowest BCUT2D eigenvalue weighted by Gasteiger charge is -2.22. The maximum absolute atomic E-state index is 4.87. The Morgan fingerprint density at radius 1 is 1.09 bits per heavy atom. The van der Waals surface area contributed by atoms with E-state index in [0.717, 1.165) is 34.7 Å². The van der Waals surface area contributed by atoms with Gasteiger partial charge in [0, 0.05) is 12.2 Å². The number of nitrogens with zero attached hydrogens (tertiary/aromatic N) is 5. The number of fused-ring (bicyclic) bond motifs is 3. The minimum Gasteiger partial charge on any atom is -0.323 e. The summed E-state index contributed by atoms with van der Waals surface area (Å²) in [7, 11) is 0. The molecular weight excluding hydrogens is 286 g/mol. The third-order valence-corrected chi connectivity index (χ3v) is 4.00. The van der Waals surface area contributed by atoms with E-state index in [4.69, 9.17) is 4.98 Å². The van der Waals surface area contributed by atoms with Gasteiger partial charge in [0.25, 0.3) is 0 Å². The van der Waals surface area contributed by atoms with Gasteiger partial charge < -0.3 is 4.90 Å². The first-order valence-electron chi connectivity index (χ1n) is 7.70. The van der Waals surface area contributed by atoms with E-state index in [2.05, 4.69) is 53.2 Å². The fourth-order valence-electron chi connectivity index (χ4n) is 2.89. The van der Waals surface area contributed by atoms with E-state index in [-0.39, 0.29) is 0 Å². The van der Waals surface area contributed by atoms with Crippen LogP contribution in [0.2, 0.25) is 0 Å². The van der Waals surface area contributed by atoms with Gasteiger partial charge >= 0.3 is 0 Å². The van der Waals surface area contributed by atoms with Crippen LogP contribution in [0.4, 0.5) is 11.5 Å². The number of para-hydroxylation sites is 1. The molecule has 23 heavy (non-hydrogen) atoms. The Labute approximate surface area is 134 Å². The molecule has 0 aliphatic carbocycles. The molecule has 0 amide bonds. The van der Waals surface area contributed by atoms with Crippen LogP contribution in [0.3, 0.4) is 0 Å². The third-order valence-electron chi connectivity index (χ3n) is 4.00. The van der Waals surface area contributed by atoms with Crippen molar-refractivity contribution in [3.8, 4) is 0 Å². The summed E-state index contributed by atoms with van der Waals surface area (Å²) >= 11 is 0. The van der Waals surface area contributed by atoms with Crippen LogP contribution in [0.5, 0.6) is 0 Å². The highest BCUT2D eigenvalue weighted by Crippen LogP contribution is 2.29. The molecule has 2 aromatic carbocycles. The lowest BCUT2D eigenvalue weighted by molar-refractivity contribution is 0.988. The van der Waals surface area contributed by atoms with Crippen molar-refractivity contribution in [2.45, 2.75) is 13.8 Å². The first-order chi connectivity index (χ1) is 11.3. The standard InChI is InChI=1S/C18H17N5/c1-3-22(14-7-5-4-6-8-14)17-18-21-19-12-23(18)16-11-13(2)9-10-15(16)20-17/h4-12H,3H2,1-2H3. The zero-order chi connectivity index (χ0) is 15.8. The normalized spacial score (nSPS) is 11.2. The number of hydrogen-bond donors (Lipinski definition) is 0. The zero-order valence-corrected chi connectivity index (χ0v) is 13.1. The first-order valence-corrected chi connectivity index (χ1v) is 7.70. The fourth-order valence-corrected chi connectivity index (χ4v) is 2.89. The average Bonchev–Trinajstić information content (AvgIpc) is 3.07. The highest BCUT2D eigenvalue weighted by Gasteiger charge is 2.17. The highest BCUT2D eigenvalue weighted by atomic mass is 15.3. The molecule has 0 N–H and O–H groups in total. The molecule has 4 rings (SSSR count). The maximum atomic E-state index is 4.87. The van der Waals surface area contributed by atoms with Gasteiger partial charge in [0.15, 0.2) is 5.82 Å². The highest BCUT2D eigenvalue weighted by molar-refractivity contribution is 5.85. The molecule has 0 saturated heterocycles. The van der Waals surface area contributed by atoms with Crippen molar-refractivity contribution in [2.75, 3.05) is 11.4 Å². The Bertz CT molecular complexity index is 975. The molecule has 0 saturated carbocycles. The number of rotatable bonds is 3. The molecule has 0 aliphatic heterocycles. The van der Waals surface area contributed by atoms with Crippen LogP contribution in [0, 0.1) is 6.92 Å². The van der Waals surface area contributed by atoms with Crippen molar-refractivity contribution in [2.24, 2.45) is 0 Å². The zero-order valence-electron chi connectivity index (χ0n) is 13.1. The van der Waals surface area contributed by atoms with Crippen LogP contribution < -0.4 is 4.90 Å². The number of aryl methyl sites for hydroxylation is 1. The Morgan fingerprint density at radius 3 is 2.70 bits per heavy atom. The van der Waals surface area contributed by atoms with E-state index < -0.39 is 0 Å². The van der Waals surface area contributed by atoms with Crippen molar-refractivity contribution in [1.29, 1.82) is 0 Å². The van der Waals surface area contributed by atoms with E-state index >= 15 is 0 Å². The SMILES string of the molecule is CCN(c1ccccc1)c1nc2ccc(C)cc2n2cnnc12. The Hall–Kier alpha value is -2.95. The molecule has 2 aromatic heterocycles. The molecule has 2 heterocycles. The molecule has 4 aromatic rings. The van der Waals surface area contributed by atoms with Crippen LogP contribution in [-0.2, 0) is 0 Å². The second-order valence-electron chi connectivity index (χ2n) is 5.53. The molecule has 0 radical (unpaired) electrons. The van der Waals surface area contributed by atoms with Crippen molar-refractivity contribution in [3.63, 3.8) is 0 Å². The lowest BCUT2D eigenvalue weighted by atomic mass is 10.2. The Balaban J connectivity index is 2.01. The predicted molar refractivity (Wildman–Crippen MR) is 92.1 cm³/mol. The monoisotopic (exact) mass is 303 g/mol. The molecule has 5 nitrogen and oxygen atoms in total. The minimum atomic E-state index is 0.772. The Morgan fingerprint density at radius 2 is 1.91 bits per heavy atom. The smallest absolute Gasteiger partial charge is 0.204 e. The van der Waals surface area contributed by atoms with Gasteiger partial charge in [-0.2, -0.15) is 0 Å². The van der Waals surface area contributed by atoms with Crippen LogP contribution in [-0.4, -0.2) is 26.1 Å². The maximum Gasteiger partial charge on any atom is 0.204 e. The summed E-state index contributed by atoms with van der Waals surface area (Å²) in [6.45, 7) is 4.99. The third kappa shape index (κ3) is 2.21. The van der Waals surface area contributed by atoms with Gasteiger partial charge in [-0.1, -0.05) is 24.3 Å². The van der Waals surface area contributed by atoms with Gasteiger partial charge in [0.1, 0.15) is 6.33 Å².